The molecule has 2 aliphatic heterocycles. The number of amides is 1. The lowest BCUT2D eigenvalue weighted by atomic mass is 9.98. The Bertz CT molecular complexity index is 566. The lowest BCUT2D eigenvalue weighted by molar-refractivity contribution is -0.143. The van der Waals surface area contributed by atoms with Gasteiger partial charge in [-0.1, -0.05) is 0 Å². The predicted molar refractivity (Wildman–Crippen MR) is 75.4 cm³/mol. The summed E-state index contributed by atoms with van der Waals surface area (Å²) >= 11 is 1.55. The fourth-order valence-electron chi connectivity index (χ4n) is 2.50. The number of aliphatic carboxylic acids is 1. The van der Waals surface area contributed by atoms with Gasteiger partial charge in [0.25, 0.3) is 5.91 Å². The van der Waals surface area contributed by atoms with Gasteiger partial charge in [-0.3, -0.25) is 4.79 Å². The molecule has 1 aromatic rings. The molecule has 0 radical (unpaired) electrons. The quantitative estimate of drug-likeness (QED) is 0.879. The van der Waals surface area contributed by atoms with Crippen molar-refractivity contribution in [2.24, 2.45) is 0 Å². The van der Waals surface area contributed by atoms with Gasteiger partial charge in [0, 0.05) is 17.7 Å². The number of thioether (sulfide) groups is 1. The zero-order chi connectivity index (χ0) is 14.2. The van der Waals surface area contributed by atoms with Crippen LogP contribution in [-0.2, 0) is 11.2 Å². The Kier molecular flexibility index (Phi) is 3.33. The van der Waals surface area contributed by atoms with Crippen molar-refractivity contribution in [3.63, 3.8) is 0 Å². The highest BCUT2D eigenvalue weighted by Gasteiger charge is 2.43. The molecule has 1 saturated heterocycles. The summed E-state index contributed by atoms with van der Waals surface area (Å²) < 4.78 is 5.40. The summed E-state index contributed by atoms with van der Waals surface area (Å²) in [6.45, 7) is 0.635. The van der Waals surface area contributed by atoms with Crippen molar-refractivity contribution >= 4 is 23.6 Å². The Balaban J connectivity index is 1.80. The van der Waals surface area contributed by atoms with Gasteiger partial charge >= 0.3 is 5.97 Å². The van der Waals surface area contributed by atoms with Crippen LogP contribution >= 0.6 is 11.8 Å². The van der Waals surface area contributed by atoms with Gasteiger partial charge in [0.05, 0.1) is 6.61 Å². The third-order valence-corrected chi connectivity index (χ3v) is 4.93. The molecule has 2 N–H and O–H groups in total. The highest BCUT2D eigenvalue weighted by molar-refractivity contribution is 7.99. The van der Waals surface area contributed by atoms with Crippen molar-refractivity contribution < 1.29 is 19.4 Å². The summed E-state index contributed by atoms with van der Waals surface area (Å²) in [5.41, 5.74) is 0.367. The maximum absolute atomic E-state index is 12.3. The Morgan fingerprint density at radius 3 is 2.95 bits per heavy atom. The van der Waals surface area contributed by atoms with E-state index in [1.54, 1.807) is 30.0 Å². The van der Waals surface area contributed by atoms with E-state index in [2.05, 4.69) is 5.32 Å². The molecule has 1 atom stereocenters. The van der Waals surface area contributed by atoms with E-state index in [9.17, 15) is 14.7 Å². The molecule has 2 aliphatic rings. The van der Waals surface area contributed by atoms with Gasteiger partial charge in [-0.2, -0.15) is 11.8 Å². The van der Waals surface area contributed by atoms with Gasteiger partial charge in [0.1, 0.15) is 11.3 Å². The molecule has 6 heteroatoms. The summed E-state index contributed by atoms with van der Waals surface area (Å²) in [5, 5.41) is 12.1. The van der Waals surface area contributed by atoms with Crippen molar-refractivity contribution in [1.82, 2.24) is 5.32 Å². The van der Waals surface area contributed by atoms with E-state index in [0.717, 1.165) is 23.5 Å². The lowest BCUT2D eigenvalue weighted by Gasteiger charge is -2.24. The maximum atomic E-state index is 12.3. The topological polar surface area (TPSA) is 75.6 Å². The van der Waals surface area contributed by atoms with Crippen molar-refractivity contribution in [3.8, 4) is 5.75 Å². The zero-order valence-electron chi connectivity index (χ0n) is 10.8. The van der Waals surface area contributed by atoms with E-state index >= 15 is 0 Å². The first-order chi connectivity index (χ1) is 9.61. The Hall–Kier alpha value is -1.69. The molecule has 5 nitrogen and oxygen atoms in total. The molecule has 1 aromatic carbocycles. The molecule has 0 saturated carbocycles. The smallest absolute Gasteiger partial charge is 0.330 e. The number of hydrogen-bond donors (Lipinski definition) is 2. The summed E-state index contributed by atoms with van der Waals surface area (Å²) in [5.74, 6) is 0.697. The van der Waals surface area contributed by atoms with Crippen LogP contribution in [-0.4, -0.2) is 40.6 Å². The van der Waals surface area contributed by atoms with Crippen LogP contribution in [0.25, 0.3) is 0 Å². The first-order valence-electron chi connectivity index (χ1n) is 6.50. The van der Waals surface area contributed by atoms with Gasteiger partial charge in [-0.15, -0.1) is 0 Å². The Morgan fingerprint density at radius 1 is 1.40 bits per heavy atom. The average molecular weight is 293 g/mol. The minimum atomic E-state index is -1.13. The van der Waals surface area contributed by atoms with E-state index in [0.29, 0.717) is 24.3 Å². The molecular formula is C14H15NO4S. The summed E-state index contributed by atoms with van der Waals surface area (Å²) in [6.07, 6.45) is 1.25. The second kappa shape index (κ2) is 5.01. The van der Waals surface area contributed by atoms with Crippen LogP contribution in [0.4, 0.5) is 0 Å². The first-order valence-corrected chi connectivity index (χ1v) is 7.66. The molecule has 1 amide bonds. The second-order valence-corrected chi connectivity index (χ2v) is 6.17. The summed E-state index contributed by atoms with van der Waals surface area (Å²) in [4.78, 5) is 23.7. The molecule has 2 heterocycles. The van der Waals surface area contributed by atoms with Crippen LogP contribution in [0.3, 0.4) is 0 Å². The van der Waals surface area contributed by atoms with E-state index < -0.39 is 11.5 Å². The average Bonchev–Trinajstić information content (AvgIpc) is 3.06. The number of rotatable bonds is 3. The minimum Gasteiger partial charge on any atom is -0.493 e. The van der Waals surface area contributed by atoms with Gasteiger partial charge in [-0.05, 0) is 35.9 Å². The number of carbonyl (C=O) groups excluding carboxylic acids is 1. The number of fused-ring (bicyclic) bond motifs is 1. The second-order valence-electron chi connectivity index (χ2n) is 5.06. The third-order valence-electron chi connectivity index (χ3n) is 3.74. The standard InChI is InChI=1S/C14H15NO4S/c16-12(15-14(13(17)18)4-6-20-8-14)10-1-2-11-9(7-10)3-5-19-11/h1-2,7H,3-6,8H2,(H,15,16)(H,17,18). The largest absolute Gasteiger partial charge is 0.493 e. The number of hydrogen-bond acceptors (Lipinski definition) is 4. The third kappa shape index (κ3) is 2.24. The molecule has 1 unspecified atom stereocenters. The van der Waals surface area contributed by atoms with Crippen LogP contribution in [0.15, 0.2) is 18.2 Å². The van der Waals surface area contributed by atoms with Gasteiger partial charge in [0.2, 0.25) is 0 Å². The van der Waals surface area contributed by atoms with Crippen LogP contribution in [0, 0.1) is 0 Å². The molecule has 20 heavy (non-hydrogen) atoms. The molecular weight excluding hydrogens is 278 g/mol. The van der Waals surface area contributed by atoms with Crippen LogP contribution < -0.4 is 10.1 Å². The molecule has 0 aromatic heterocycles. The maximum Gasteiger partial charge on any atom is 0.330 e. The van der Waals surface area contributed by atoms with Crippen LogP contribution in [0.1, 0.15) is 22.3 Å². The number of benzene rings is 1. The van der Waals surface area contributed by atoms with Crippen LogP contribution in [0.2, 0.25) is 0 Å². The highest BCUT2D eigenvalue weighted by atomic mass is 32.2. The molecule has 0 spiro atoms. The summed E-state index contributed by atoms with van der Waals surface area (Å²) in [7, 11) is 0. The van der Waals surface area contributed by atoms with Crippen molar-refractivity contribution in [2.75, 3.05) is 18.1 Å². The number of carbonyl (C=O) groups is 2. The molecule has 0 aliphatic carbocycles. The zero-order valence-corrected chi connectivity index (χ0v) is 11.7. The molecule has 0 bridgehead atoms. The van der Waals surface area contributed by atoms with E-state index in [1.165, 1.54) is 0 Å². The van der Waals surface area contributed by atoms with Crippen molar-refractivity contribution in [2.45, 2.75) is 18.4 Å². The monoisotopic (exact) mass is 293 g/mol. The molecule has 3 rings (SSSR count). The van der Waals surface area contributed by atoms with Gasteiger partial charge in [0.15, 0.2) is 0 Å². The van der Waals surface area contributed by atoms with E-state index in [-0.39, 0.29) is 5.91 Å². The SMILES string of the molecule is O=C(NC1(C(=O)O)CCSC1)c1ccc2c(c1)CCO2. The number of ether oxygens (including phenoxy) is 1. The molecule has 106 valence electrons. The first kappa shape index (κ1) is 13.3. The number of nitrogens with one attached hydrogen (secondary N) is 1. The Labute approximate surface area is 120 Å². The van der Waals surface area contributed by atoms with E-state index in [1.807, 2.05) is 0 Å². The molecule has 1 fully saturated rings. The minimum absolute atomic E-state index is 0.329. The highest BCUT2D eigenvalue weighted by Crippen LogP contribution is 2.30. The normalized spacial score (nSPS) is 24.0. The number of carboxylic acids is 1. The predicted octanol–water partition coefficient (Wildman–Crippen LogP) is 1.31. The fraction of sp³-hybridized carbons (Fsp3) is 0.429. The number of carboxylic acid groups (broad SMARTS) is 1. The summed E-state index contributed by atoms with van der Waals surface area (Å²) in [6, 6.07) is 5.24. The fourth-order valence-corrected chi connectivity index (χ4v) is 3.83. The van der Waals surface area contributed by atoms with E-state index in [4.69, 9.17) is 4.74 Å². The van der Waals surface area contributed by atoms with Crippen molar-refractivity contribution in [1.29, 1.82) is 0 Å². The van der Waals surface area contributed by atoms with Crippen LogP contribution in [0.5, 0.6) is 5.75 Å². The van der Waals surface area contributed by atoms with Gasteiger partial charge in [-0.25, -0.2) is 4.79 Å². The van der Waals surface area contributed by atoms with Crippen molar-refractivity contribution in [3.05, 3.63) is 29.3 Å². The van der Waals surface area contributed by atoms with Gasteiger partial charge < -0.3 is 15.2 Å². The lowest BCUT2D eigenvalue weighted by Crippen LogP contribution is -2.54. The Morgan fingerprint density at radius 2 is 2.25 bits per heavy atom.